The highest BCUT2D eigenvalue weighted by molar-refractivity contribution is 7.98. The Morgan fingerprint density at radius 1 is 1.63 bits per heavy atom. The SMILES string of the molecule is CSCC(C)CN1C(=O)C2(CC2)NC1c1ccsc1. The Labute approximate surface area is 122 Å². The van der Waals surface area contributed by atoms with E-state index in [1.807, 2.05) is 11.8 Å². The Morgan fingerprint density at radius 2 is 2.42 bits per heavy atom. The number of amides is 1. The van der Waals surface area contributed by atoms with Crippen LogP contribution in [0.15, 0.2) is 16.8 Å². The predicted molar refractivity (Wildman–Crippen MR) is 81.4 cm³/mol. The van der Waals surface area contributed by atoms with Crippen LogP contribution in [0, 0.1) is 5.92 Å². The highest BCUT2D eigenvalue weighted by atomic mass is 32.2. The topological polar surface area (TPSA) is 32.3 Å². The van der Waals surface area contributed by atoms with Crippen LogP contribution in [0.25, 0.3) is 0 Å². The van der Waals surface area contributed by atoms with Crippen molar-refractivity contribution in [3.05, 3.63) is 22.4 Å². The van der Waals surface area contributed by atoms with Crippen LogP contribution in [0.4, 0.5) is 0 Å². The van der Waals surface area contributed by atoms with Crippen molar-refractivity contribution in [1.29, 1.82) is 0 Å². The van der Waals surface area contributed by atoms with Gasteiger partial charge in [-0.15, -0.1) is 0 Å². The smallest absolute Gasteiger partial charge is 0.244 e. The fourth-order valence-corrected chi connectivity index (χ4v) is 4.19. The molecule has 5 heteroatoms. The number of thiophene rings is 1. The molecule has 1 aliphatic carbocycles. The van der Waals surface area contributed by atoms with E-state index >= 15 is 0 Å². The second-order valence-electron chi connectivity index (χ2n) is 5.70. The Hall–Kier alpha value is -0.520. The summed E-state index contributed by atoms with van der Waals surface area (Å²) in [7, 11) is 0. The van der Waals surface area contributed by atoms with Gasteiger partial charge in [-0.25, -0.2) is 0 Å². The maximum absolute atomic E-state index is 12.6. The van der Waals surface area contributed by atoms with Crippen LogP contribution in [0.3, 0.4) is 0 Å². The van der Waals surface area contributed by atoms with Crippen molar-refractivity contribution in [2.45, 2.75) is 31.5 Å². The average molecular weight is 296 g/mol. The lowest BCUT2D eigenvalue weighted by Crippen LogP contribution is -2.35. The van der Waals surface area contributed by atoms with Gasteiger partial charge in [0, 0.05) is 6.54 Å². The maximum atomic E-state index is 12.6. The molecule has 1 aromatic heterocycles. The second kappa shape index (κ2) is 5.11. The molecule has 0 radical (unpaired) electrons. The lowest BCUT2D eigenvalue weighted by Gasteiger charge is -2.26. The largest absolute Gasteiger partial charge is 0.321 e. The molecule has 2 aliphatic rings. The fourth-order valence-electron chi connectivity index (χ4n) is 2.83. The monoisotopic (exact) mass is 296 g/mol. The first kappa shape index (κ1) is 13.5. The number of hydrogen-bond donors (Lipinski definition) is 1. The minimum absolute atomic E-state index is 0.0885. The van der Waals surface area contributed by atoms with Crippen LogP contribution < -0.4 is 5.32 Å². The summed E-state index contributed by atoms with van der Waals surface area (Å²) in [6, 6.07) is 2.13. The van der Waals surface area contributed by atoms with E-state index in [0.717, 1.165) is 25.1 Å². The third-order valence-electron chi connectivity index (χ3n) is 3.96. The molecular formula is C14H20N2OS2. The summed E-state index contributed by atoms with van der Waals surface area (Å²) in [6.45, 7) is 3.08. The number of carbonyl (C=O) groups is 1. The molecule has 2 atom stereocenters. The lowest BCUT2D eigenvalue weighted by molar-refractivity contribution is -0.131. The highest BCUT2D eigenvalue weighted by Gasteiger charge is 2.59. The van der Waals surface area contributed by atoms with Crippen molar-refractivity contribution in [1.82, 2.24) is 10.2 Å². The molecule has 2 heterocycles. The minimum atomic E-state index is -0.217. The lowest BCUT2D eigenvalue weighted by atomic mass is 10.1. The van der Waals surface area contributed by atoms with Crippen molar-refractivity contribution >= 4 is 29.0 Å². The van der Waals surface area contributed by atoms with Gasteiger partial charge < -0.3 is 4.90 Å². The van der Waals surface area contributed by atoms with Gasteiger partial charge in [-0.3, -0.25) is 10.1 Å². The summed E-state index contributed by atoms with van der Waals surface area (Å²) in [5.41, 5.74) is 1.02. The van der Waals surface area contributed by atoms with E-state index in [9.17, 15) is 4.79 Å². The van der Waals surface area contributed by atoms with E-state index in [1.54, 1.807) is 11.3 Å². The Morgan fingerprint density at radius 3 is 3.00 bits per heavy atom. The molecule has 1 saturated carbocycles. The third-order valence-corrected chi connectivity index (χ3v) is 5.57. The molecule has 0 aromatic carbocycles. The first-order valence-corrected chi connectivity index (χ1v) is 9.10. The van der Waals surface area contributed by atoms with Crippen LogP contribution in [0.1, 0.15) is 31.5 Å². The number of nitrogens with one attached hydrogen (secondary N) is 1. The molecule has 1 aliphatic heterocycles. The van der Waals surface area contributed by atoms with E-state index in [0.29, 0.717) is 11.8 Å². The number of rotatable bonds is 5. The molecule has 3 rings (SSSR count). The van der Waals surface area contributed by atoms with Gasteiger partial charge in [0.15, 0.2) is 0 Å². The molecule has 1 spiro atoms. The number of thioether (sulfide) groups is 1. The van der Waals surface area contributed by atoms with E-state index in [1.165, 1.54) is 5.56 Å². The van der Waals surface area contributed by atoms with Crippen molar-refractivity contribution in [2.75, 3.05) is 18.6 Å². The second-order valence-corrected chi connectivity index (χ2v) is 7.39. The molecule has 19 heavy (non-hydrogen) atoms. The first-order chi connectivity index (χ1) is 9.16. The van der Waals surface area contributed by atoms with Crippen LogP contribution in [-0.4, -0.2) is 34.9 Å². The standard InChI is InChI=1S/C14H20N2OS2/c1-10(8-18-2)7-16-12(11-3-6-19-9-11)15-14(4-5-14)13(16)17/h3,6,9-10,12,15H,4-5,7-8H2,1-2H3. The van der Waals surface area contributed by atoms with Gasteiger partial charge in [0.05, 0.1) is 0 Å². The molecule has 2 unspecified atom stereocenters. The molecule has 1 N–H and O–H groups in total. The van der Waals surface area contributed by atoms with Crippen LogP contribution in [0.2, 0.25) is 0 Å². The normalized spacial score (nSPS) is 26.1. The molecule has 1 aromatic rings. The number of carbonyl (C=O) groups excluding carboxylic acids is 1. The summed E-state index contributed by atoms with van der Waals surface area (Å²) in [5, 5.41) is 7.80. The molecule has 2 fully saturated rings. The third kappa shape index (κ3) is 2.43. The number of hydrogen-bond acceptors (Lipinski definition) is 4. The molecule has 3 nitrogen and oxygen atoms in total. The summed E-state index contributed by atoms with van der Waals surface area (Å²) in [5.74, 6) is 1.96. The van der Waals surface area contributed by atoms with Crippen LogP contribution in [-0.2, 0) is 4.79 Å². The number of nitrogens with zero attached hydrogens (tertiary/aromatic N) is 1. The molecule has 0 bridgehead atoms. The van der Waals surface area contributed by atoms with E-state index in [2.05, 4.69) is 40.2 Å². The highest BCUT2D eigenvalue weighted by Crippen LogP contribution is 2.46. The average Bonchev–Trinajstić information content (AvgIpc) is 2.86. The van der Waals surface area contributed by atoms with E-state index in [4.69, 9.17) is 0 Å². The van der Waals surface area contributed by atoms with E-state index < -0.39 is 0 Å². The zero-order chi connectivity index (χ0) is 13.5. The van der Waals surface area contributed by atoms with Gasteiger partial charge in [0.2, 0.25) is 5.91 Å². The van der Waals surface area contributed by atoms with E-state index in [-0.39, 0.29) is 11.7 Å². The molecule has 1 saturated heterocycles. The Kier molecular flexibility index (Phi) is 3.62. The van der Waals surface area contributed by atoms with Crippen molar-refractivity contribution in [3.63, 3.8) is 0 Å². The van der Waals surface area contributed by atoms with Gasteiger partial charge in [-0.1, -0.05) is 6.92 Å². The zero-order valence-electron chi connectivity index (χ0n) is 11.4. The molecule has 104 valence electrons. The van der Waals surface area contributed by atoms with Gasteiger partial charge >= 0.3 is 0 Å². The summed E-state index contributed by atoms with van der Waals surface area (Å²) in [6.07, 6.45) is 4.21. The quantitative estimate of drug-likeness (QED) is 0.907. The molecule has 1 amide bonds. The Bertz CT molecular complexity index is 456. The van der Waals surface area contributed by atoms with Crippen LogP contribution >= 0.6 is 23.1 Å². The van der Waals surface area contributed by atoms with Gasteiger partial charge in [-0.2, -0.15) is 23.1 Å². The first-order valence-electron chi connectivity index (χ1n) is 6.76. The van der Waals surface area contributed by atoms with Gasteiger partial charge in [0.25, 0.3) is 0 Å². The van der Waals surface area contributed by atoms with Crippen molar-refractivity contribution in [3.8, 4) is 0 Å². The maximum Gasteiger partial charge on any atom is 0.244 e. The van der Waals surface area contributed by atoms with Crippen molar-refractivity contribution in [2.24, 2.45) is 5.92 Å². The predicted octanol–water partition coefficient (Wildman–Crippen LogP) is 2.71. The zero-order valence-corrected chi connectivity index (χ0v) is 13.0. The summed E-state index contributed by atoms with van der Waals surface area (Å²) >= 11 is 3.55. The fraction of sp³-hybridized carbons (Fsp3) is 0.643. The molecular weight excluding hydrogens is 276 g/mol. The Balaban J connectivity index is 1.79. The van der Waals surface area contributed by atoms with Crippen LogP contribution in [0.5, 0.6) is 0 Å². The minimum Gasteiger partial charge on any atom is -0.321 e. The summed E-state index contributed by atoms with van der Waals surface area (Å²) in [4.78, 5) is 14.7. The summed E-state index contributed by atoms with van der Waals surface area (Å²) < 4.78 is 0. The van der Waals surface area contributed by atoms with Crippen molar-refractivity contribution < 1.29 is 4.79 Å². The van der Waals surface area contributed by atoms with Gasteiger partial charge in [0.1, 0.15) is 11.7 Å². The van der Waals surface area contributed by atoms with Gasteiger partial charge in [-0.05, 0) is 53.2 Å².